The first-order valence-electron chi connectivity index (χ1n) is 8.75. The fourth-order valence-corrected chi connectivity index (χ4v) is 2.98. The van der Waals surface area contributed by atoms with Gasteiger partial charge in [-0.15, -0.1) is 0 Å². The number of benzene rings is 1. The molecule has 1 aromatic rings. The Morgan fingerprint density at radius 2 is 1.92 bits per heavy atom. The summed E-state index contributed by atoms with van der Waals surface area (Å²) in [5, 5.41) is 0. The topological polar surface area (TPSA) is 0 Å². The lowest BCUT2D eigenvalue weighted by Crippen LogP contribution is -1.95. The van der Waals surface area contributed by atoms with Crippen molar-refractivity contribution in [3.8, 4) is 0 Å². The maximum atomic E-state index is 13.5. The number of alkyl halides is 1. The largest absolute Gasteiger partial charge is 0.247 e. The Morgan fingerprint density at radius 1 is 1.23 bits per heavy atom. The van der Waals surface area contributed by atoms with E-state index in [2.05, 4.69) is 26.2 Å². The standard InChI is InChI=1S/C24H28F2/c1-7-10-21(11-9-14-25)20(8-2)15-19(6)24(17(3)4)23-13-12-22(26)16-18(23)5/h7,9-13,15-16H,1,3,8,14H2,2,4-6H3/b11-9-,20-15+,21-10+,24-19+. The van der Waals surface area contributed by atoms with E-state index >= 15 is 0 Å². The molecule has 0 aromatic heterocycles. The summed E-state index contributed by atoms with van der Waals surface area (Å²) >= 11 is 0. The van der Waals surface area contributed by atoms with Crippen LogP contribution >= 0.6 is 0 Å². The number of allylic oxidation sites excluding steroid dienone is 10. The van der Waals surface area contributed by atoms with Gasteiger partial charge in [0.05, 0.1) is 0 Å². The first kappa shape index (κ1) is 21.6. The number of aryl methyl sites for hydroxylation is 1. The maximum absolute atomic E-state index is 13.5. The summed E-state index contributed by atoms with van der Waals surface area (Å²) in [6.45, 7) is 15.3. The minimum Gasteiger partial charge on any atom is -0.247 e. The monoisotopic (exact) mass is 354 g/mol. The van der Waals surface area contributed by atoms with E-state index in [9.17, 15) is 8.78 Å². The Labute approximate surface area is 156 Å². The second-order valence-electron chi connectivity index (χ2n) is 6.24. The van der Waals surface area contributed by atoms with Crippen molar-refractivity contribution in [3.05, 3.63) is 101 Å². The SMILES string of the molecule is C=C/C=C(\C=C/CF)C(=C/C(C)=C(\C(=C)C)c1ccc(F)cc1C)/CC. The molecular weight excluding hydrogens is 326 g/mol. The normalized spacial score (nSPS) is 13.8. The number of halogens is 2. The summed E-state index contributed by atoms with van der Waals surface area (Å²) in [4.78, 5) is 0. The van der Waals surface area contributed by atoms with Crippen LogP contribution in [0.3, 0.4) is 0 Å². The molecule has 26 heavy (non-hydrogen) atoms. The number of hydrogen-bond donors (Lipinski definition) is 0. The molecule has 2 heteroatoms. The van der Waals surface area contributed by atoms with Crippen LogP contribution in [-0.2, 0) is 0 Å². The highest BCUT2D eigenvalue weighted by Crippen LogP contribution is 2.31. The van der Waals surface area contributed by atoms with Gasteiger partial charge in [0.1, 0.15) is 12.5 Å². The van der Waals surface area contributed by atoms with Gasteiger partial charge in [-0.25, -0.2) is 8.78 Å². The van der Waals surface area contributed by atoms with Gasteiger partial charge >= 0.3 is 0 Å². The van der Waals surface area contributed by atoms with E-state index in [-0.39, 0.29) is 5.82 Å². The van der Waals surface area contributed by atoms with Crippen LogP contribution in [0.5, 0.6) is 0 Å². The molecule has 0 N–H and O–H groups in total. The fraction of sp³-hybridized carbons (Fsp3) is 0.250. The van der Waals surface area contributed by atoms with E-state index < -0.39 is 6.67 Å². The van der Waals surface area contributed by atoms with Crippen LogP contribution in [0.2, 0.25) is 0 Å². The quantitative estimate of drug-likeness (QED) is 0.425. The molecule has 1 rings (SSSR count). The first-order chi connectivity index (χ1) is 12.3. The molecule has 0 nitrogen and oxygen atoms in total. The zero-order valence-corrected chi connectivity index (χ0v) is 16.2. The zero-order valence-electron chi connectivity index (χ0n) is 16.2. The minimum absolute atomic E-state index is 0.248. The third-order valence-electron chi connectivity index (χ3n) is 4.11. The molecule has 0 amide bonds. The van der Waals surface area contributed by atoms with Gasteiger partial charge in [-0.2, -0.15) is 0 Å². The van der Waals surface area contributed by atoms with Crippen molar-refractivity contribution in [2.24, 2.45) is 0 Å². The molecule has 0 bridgehead atoms. The van der Waals surface area contributed by atoms with Crippen LogP contribution in [-0.4, -0.2) is 6.67 Å². The van der Waals surface area contributed by atoms with Crippen LogP contribution in [0.1, 0.15) is 38.3 Å². The summed E-state index contributed by atoms with van der Waals surface area (Å²) in [5.74, 6) is -0.248. The fourth-order valence-electron chi connectivity index (χ4n) is 2.98. The van der Waals surface area contributed by atoms with Gasteiger partial charge < -0.3 is 0 Å². The lowest BCUT2D eigenvalue weighted by Gasteiger charge is -2.15. The lowest BCUT2D eigenvalue weighted by molar-refractivity contribution is 0.561. The predicted molar refractivity (Wildman–Crippen MR) is 110 cm³/mol. The van der Waals surface area contributed by atoms with Crippen molar-refractivity contribution in [2.45, 2.75) is 34.1 Å². The average Bonchev–Trinajstić information content (AvgIpc) is 2.58. The lowest BCUT2D eigenvalue weighted by atomic mass is 9.90. The molecule has 0 atom stereocenters. The molecule has 1 aromatic carbocycles. The second kappa shape index (κ2) is 10.5. The van der Waals surface area contributed by atoms with Crippen LogP contribution in [0.4, 0.5) is 8.78 Å². The van der Waals surface area contributed by atoms with Gasteiger partial charge in [0.25, 0.3) is 0 Å². The molecule has 0 aliphatic heterocycles. The Balaban J connectivity index is 3.56. The van der Waals surface area contributed by atoms with Crippen molar-refractivity contribution >= 4 is 5.57 Å². The molecule has 0 heterocycles. The smallest absolute Gasteiger partial charge is 0.123 e. The highest BCUT2D eigenvalue weighted by atomic mass is 19.1. The van der Waals surface area contributed by atoms with E-state index in [4.69, 9.17) is 0 Å². The highest BCUT2D eigenvalue weighted by Gasteiger charge is 2.11. The third-order valence-corrected chi connectivity index (χ3v) is 4.11. The van der Waals surface area contributed by atoms with Crippen LogP contribution in [0, 0.1) is 12.7 Å². The number of hydrogen-bond acceptors (Lipinski definition) is 0. The van der Waals surface area contributed by atoms with E-state index in [1.54, 1.807) is 18.2 Å². The second-order valence-corrected chi connectivity index (χ2v) is 6.24. The number of rotatable bonds is 8. The van der Waals surface area contributed by atoms with Crippen molar-refractivity contribution < 1.29 is 8.78 Å². The summed E-state index contributed by atoms with van der Waals surface area (Å²) in [7, 11) is 0. The van der Waals surface area contributed by atoms with Crippen LogP contribution < -0.4 is 0 Å². The van der Waals surface area contributed by atoms with Crippen molar-refractivity contribution in [3.63, 3.8) is 0 Å². The summed E-state index contributed by atoms with van der Waals surface area (Å²) in [6, 6.07) is 4.79. The molecule has 0 saturated heterocycles. The molecule has 0 unspecified atom stereocenters. The zero-order chi connectivity index (χ0) is 19.7. The van der Waals surface area contributed by atoms with Crippen LogP contribution in [0.15, 0.2) is 84.0 Å². The Kier molecular flexibility index (Phi) is 8.71. The molecule has 0 radical (unpaired) electrons. The molecule has 0 saturated carbocycles. The predicted octanol–water partition coefficient (Wildman–Crippen LogP) is 7.46. The third kappa shape index (κ3) is 5.80. The van der Waals surface area contributed by atoms with E-state index in [1.165, 1.54) is 18.2 Å². The van der Waals surface area contributed by atoms with Gasteiger partial charge in [-0.1, -0.05) is 62.1 Å². The average molecular weight is 354 g/mol. The molecule has 0 aliphatic carbocycles. The maximum Gasteiger partial charge on any atom is 0.123 e. The molecule has 0 spiro atoms. The van der Waals surface area contributed by atoms with Crippen LogP contribution in [0.25, 0.3) is 5.57 Å². The first-order valence-corrected chi connectivity index (χ1v) is 8.75. The van der Waals surface area contributed by atoms with E-state index in [0.29, 0.717) is 0 Å². The van der Waals surface area contributed by atoms with Gasteiger partial charge in [0.2, 0.25) is 0 Å². The molecule has 0 fully saturated rings. The Morgan fingerprint density at radius 3 is 2.42 bits per heavy atom. The van der Waals surface area contributed by atoms with Gasteiger partial charge in [-0.05, 0) is 72.7 Å². The summed E-state index contributed by atoms with van der Waals surface area (Å²) in [5.41, 5.74) is 6.79. The van der Waals surface area contributed by atoms with Crippen molar-refractivity contribution in [1.82, 2.24) is 0 Å². The van der Waals surface area contributed by atoms with Gasteiger partial charge in [0, 0.05) is 0 Å². The van der Waals surface area contributed by atoms with E-state index in [1.807, 2.05) is 26.8 Å². The Bertz CT molecular complexity index is 786. The Hall–Kier alpha value is -2.48. The molecule has 0 aliphatic rings. The summed E-state index contributed by atoms with van der Waals surface area (Å²) < 4.78 is 26.0. The van der Waals surface area contributed by atoms with Gasteiger partial charge in [-0.3, -0.25) is 0 Å². The van der Waals surface area contributed by atoms with Crippen molar-refractivity contribution in [2.75, 3.05) is 6.67 Å². The summed E-state index contributed by atoms with van der Waals surface area (Å²) in [6.07, 6.45) is 9.71. The highest BCUT2D eigenvalue weighted by molar-refractivity contribution is 5.83. The van der Waals surface area contributed by atoms with Gasteiger partial charge in [0.15, 0.2) is 0 Å². The molecule has 138 valence electrons. The minimum atomic E-state index is -0.508. The van der Waals surface area contributed by atoms with E-state index in [0.717, 1.165) is 45.4 Å². The molecular formula is C24H28F2. The van der Waals surface area contributed by atoms with Crippen molar-refractivity contribution in [1.29, 1.82) is 0 Å².